The Bertz CT molecular complexity index is 1170. The highest BCUT2D eigenvalue weighted by Crippen LogP contribution is 2.40. The zero-order chi connectivity index (χ0) is 24.7. The minimum atomic E-state index is -0.953. The third-order valence-corrected chi connectivity index (χ3v) is 7.73. The summed E-state index contributed by atoms with van der Waals surface area (Å²) in [5.41, 5.74) is 10.4. The van der Waals surface area contributed by atoms with Crippen molar-refractivity contribution in [3.8, 4) is 0 Å². The van der Waals surface area contributed by atoms with Crippen LogP contribution in [-0.4, -0.2) is 46.6 Å². The second-order valence-electron chi connectivity index (χ2n) is 10.1. The Labute approximate surface area is 206 Å². The van der Waals surface area contributed by atoms with E-state index in [4.69, 9.17) is 10.5 Å². The van der Waals surface area contributed by atoms with Gasteiger partial charge in [0.15, 0.2) is 5.78 Å². The van der Waals surface area contributed by atoms with E-state index in [1.54, 1.807) is 13.0 Å². The average molecular weight is 476 g/mol. The molecule has 1 aliphatic carbocycles. The molecule has 2 bridgehead atoms. The molecule has 5 rings (SSSR count). The van der Waals surface area contributed by atoms with Gasteiger partial charge in [-0.1, -0.05) is 24.3 Å². The van der Waals surface area contributed by atoms with Crippen LogP contribution in [0, 0.1) is 19.8 Å². The summed E-state index contributed by atoms with van der Waals surface area (Å²) in [7, 11) is 0. The number of aromatic nitrogens is 1. The number of hydrogen-bond acceptors (Lipinski definition) is 6. The monoisotopic (exact) mass is 475 g/mol. The summed E-state index contributed by atoms with van der Waals surface area (Å²) in [6.45, 7) is 3.99. The maximum absolute atomic E-state index is 13.1. The first kappa shape index (κ1) is 23.5. The van der Waals surface area contributed by atoms with Gasteiger partial charge in [0.25, 0.3) is 0 Å². The topological polar surface area (TPSA) is 106 Å². The number of aryl methyl sites for hydroxylation is 2. The van der Waals surface area contributed by atoms with E-state index < -0.39 is 5.97 Å². The van der Waals surface area contributed by atoms with E-state index in [1.165, 1.54) is 0 Å². The van der Waals surface area contributed by atoms with Gasteiger partial charge in [0, 0.05) is 34.8 Å². The number of ether oxygens (including phenoxy) is 1. The van der Waals surface area contributed by atoms with Crippen LogP contribution in [0.3, 0.4) is 0 Å². The van der Waals surface area contributed by atoms with Crippen molar-refractivity contribution >= 4 is 23.3 Å². The van der Waals surface area contributed by atoms with E-state index in [1.807, 2.05) is 37.3 Å². The van der Waals surface area contributed by atoms with Crippen molar-refractivity contribution in [1.29, 1.82) is 0 Å². The first-order chi connectivity index (χ1) is 16.8. The highest BCUT2D eigenvalue weighted by molar-refractivity contribution is 6.05. The first-order valence-electron chi connectivity index (χ1n) is 12.5. The van der Waals surface area contributed by atoms with Crippen LogP contribution in [-0.2, 0) is 9.53 Å². The molecule has 3 fully saturated rings. The van der Waals surface area contributed by atoms with Gasteiger partial charge in [-0.05, 0) is 70.1 Å². The van der Waals surface area contributed by atoms with Gasteiger partial charge in [0.05, 0.1) is 24.0 Å². The molecule has 35 heavy (non-hydrogen) atoms. The number of ketones is 1. The van der Waals surface area contributed by atoms with Crippen LogP contribution in [0.2, 0.25) is 0 Å². The molecular formula is C28H33N3O4. The van der Waals surface area contributed by atoms with E-state index in [9.17, 15) is 14.7 Å². The number of carbonyl (C=O) groups excluding carboxylic acids is 1. The fraction of sp³-hybridized carbons (Fsp3) is 0.464. The van der Waals surface area contributed by atoms with E-state index >= 15 is 0 Å². The van der Waals surface area contributed by atoms with Gasteiger partial charge in [-0.25, -0.2) is 9.78 Å². The van der Waals surface area contributed by atoms with E-state index in [-0.39, 0.29) is 30.0 Å². The Balaban J connectivity index is 1.31. The number of nitrogens with zero attached hydrogens (tertiary/aromatic N) is 2. The third-order valence-electron chi connectivity index (χ3n) is 7.73. The number of aromatic carboxylic acids is 1. The van der Waals surface area contributed by atoms with Gasteiger partial charge >= 0.3 is 5.97 Å². The first-order valence-corrected chi connectivity index (χ1v) is 12.5. The number of hydrogen-bond donors (Lipinski definition) is 2. The highest BCUT2D eigenvalue weighted by atomic mass is 16.5. The largest absolute Gasteiger partial charge is 0.478 e. The minimum Gasteiger partial charge on any atom is -0.478 e. The van der Waals surface area contributed by atoms with Crippen molar-refractivity contribution in [3.63, 3.8) is 0 Å². The zero-order valence-electron chi connectivity index (χ0n) is 20.4. The number of pyridine rings is 1. The van der Waals surface area contributed by atoms with Crippen molar-refractivity contribution in [2.75, 3.05) is 11.5 Å². The molecule has 7 nitrogen and oxygen atoms in total. The lowest BCUT2D eigenvalue weighted by Crippen LogP contribution is -2.46. The molecule has 2 aliphatic heterocycles. The maximum Gasteiger partial charge on any atom is 0.337 e. The summed E-state index contributed by atoms with van der Waals surface area (Å²) in [5, 5.41) is 9.32. The van der Waals surface area contributed by atoms with Crippen molar-refractivity contribution in [2.24, 2.45) is 11.7 Å². The van der Waals surface area contributed by atoms with Gasteiger partial charge in [0.1, 0.15) is 5.82 Å². The molecule has 3 atom stereocenters. The number of anilines is 1. The Morgan fingerprint density at radius 1 is 1.03 bits per heavy atom. The second kappa shape index (κ2) is 9.46. The van der Waals surface area contributed by atoms with E-state index in [0.717, 1.165) is 55.5 Å². The fourth-order valence-corrected chi connectivity index (χ4v) is 5.67. The number of carbonyl (C=O) groups is 2. The van der Waals surface area contributed by atoms with Crippen LogP contribution in [0.15, 0.2) is 42.0 Å². The number of piperidine rings is 1. The normalized spacial score (nSPS) is 24.3. The van der Waals surface area contributed by atoms with E-state index in [0.29, 0.717) is 29.0 Å². The number of rotatable bonds is 8. The van der Waals surface area contributed by atoms with Gasteiger partial charge in [-0.3, -0.25) is 4.79 Å². The van der Waals surface area contributed by atoms with Gasteiger partial charge in [0.2, 0.25) is 0 Å². The molecule has 1 aromatic carbocycles. The van der Waals surface area contributed by atoms with Crippen molar-refractivity contribution in [1.82, 2.24) is 4.98 Å². The van der Waals surface area contributed by atoms with E-state index in [2.05, 4.69) is 9.88 Å². The Morgan fingerprint density at radius 2 is 1.71 bits per heavy atom. The summed E-state index contributed by atoms with van der Waals surface area (Å²) in [5.74, 6) is 0.0968. The van der Waals surface area contributed by atoms with Gasteiger partial charge in [-0.2, -0.15) is 0 Å². The number of benzene rings is 1. The number of Topliss-reactive ketones (excluding diaryl/α,β-unsaturated/α-hetero) is 1. The molecular weight excluding hydrogens is 442 g/mol. The summed E-state index contributed by atoms with van der Waals surface area (Å²) in [6, 6.07) is 11.9. The number of fused-ring (bicyclic) bond motifs is 2. The molecule has 2 unspecified atom stereocenters. The molecule has 184 valence electrons. The molecule has 3 heterocycles. The SMILES string of the molecule is Cc1ccccc1C(N)=C(COC1CC2CC[C@@H](C1)N2c1ccc(C(=O)O)c(C)n1)C(=O)C1CC1. The van der Waals surface area contributed by atoms with Gasteiger partial charge < -0.3 is 20.5 Å². The molecule has 7 heteroatoms. The third kappa shape index (κ3) is 4.69. The fourth-order valence-electron chi connectivity index (χ4n) is 5.67. The number of carboxylic acid groups (broad SMARTS) is 1. The molecule has 0 spiro atoms. The van der Waals surface area contributed by atoms with Crippen LogP contribution in [0.25, 0.3) is 5.70 Å². The summed E-state index contributed by atoms with van der Waals surface area (Å²) in [6.07, 6.45) is 5.73. The maximum atomic E-state index is 13.1. The molecule has 3 N–H and O–H groups in total. The molecule has 0 amide bonds. The lowest BCUT2D eigenvalue weighted by molar-refractivity contribution is -0.117. The number of carboxylic acids is 1. The van der Waals surface area contributed by atoms with Crippen molar-refractivity contribution in [2.45, 2.75) is 70.6 Å². The lowest BCUT2D eigenvalue weighted by Gasteiger charge is -2.40. The predicted octanol–water partition coefficient (Wildman–Crippen LogP) is 4.26. The Hall–Kier alpha value is -3.19. The molecule has 1 saturated carbocycles. The van der Waals surface area contributed by atoms with Crippen LogP contribution in [0.4, 0.5) is 5.82 Å². The molecule has 3 aliphatic rings. The minimum absolute atomic E-state index is 0.0508. The second-order valence-corrected chi connectivity index (χ2v) is 10.1. The van der Waals surface area contributed by atoms with Gasteiger partial charge in [-0.15, -0.1) is 0 Å². The molecule has 1 aromatic heterocycles. The molecule has 0 radical (unpaired) electrons. The number of nitrogens with two attached hydrogens (primary N) is 1. The van der Waals surface area contributed by atoms with Crippen LogP contribution >= 0.6 is 0 Å². The summed E-state index contributed by atoms with van der Waals surface area (Å²) < 4.78 is 6.38. The van der Waals surface area contributed by atoms with Crippen LogP contribution in [0.1, 0.15) is 65.7 Å². The smallest absolute Gasteiger partial charge is 0.337 e. The van der Waals surface area contributed by atoms with Crippen LogP contribution < -0.4 is 10.6 Å². The summed E-state index contributed by atoms with van der Waals surface area (Å²) >= 11 is 0. The molecule has 2 aromatic rings. The Morgan fingerprint density at radius 3 is 2.31 bits per heavy atom. The highest BCUT2D eigenvalue weighted by Gasteiger charge is 2.42. The molecule has 2 saturated heterocycles. The predicted molar refractivity (Wildman–Crippen MR) is 134 cm³/mol. The standard InChI is InChI=1S/C28H33N3O4/c1-16-5-3-4-6-22(16)26(29)24(27(32)18-7-8-18)15-35-21-13-19-9-10-20(14-21)31(19)25-12-11-23(28(33)34)17(2)30-25/h3-6,11-12,18-21H,7-10,13-15,29H2,1-2H3,(H,33,34)/t19-,20?,21?/m0/s1. The quantitative estimate of drug-likeness (QED) is 0.550. The summed E-state index contributed by atoms with van der Waals surface area (Å²) in [4.78, 5) is 31.4. The van der Waals surface area contributed by atoms with Crippen molar-refractivity contribution < 1.29 is 19.4 Å². The zero-order valence-corrected chi connectivity index (χ0v) is 20.4. The van der Waals surface area contributed by atoms with Crippen molar-refractivity contribution in [3.05, 3.63) is 64.4 Å². The average Bonchev–Trinajstić information content (AvgIpc) is 3.64. The van der Waals surface area contributed by atoms with Crippen LogP contribution in [0.5, 0.6) is 0 Å². The lowest BCUT2D eigenvalue weighted by atomic mass is 9.97. The Kier molecular flexibility index (Phi) is 6.36.